The summed E-state index contributed by atoms with van der Waals surface area (Å²) in [6.45, 7) is 5.97. The number of allylic oxidation sites excluding steroid dienone is 2. The molecule has 0 aliphatic carbocycles. The van der Waals surface area contributed by atoms with Crippen LogP contribution in [0.15, 0.2) is 23.9 Å². The average molecular weight is 205 g/mol. The van der Waals surface area contributed by atoms with E-state index < -0.39 is 5.60 Å². The summed E-state index contributed by atoms with van der Waals surface area (Å²) in [5.74, 6) is 2.51. The second-order valence-corrected chi connectivity index (χ2v) is 4.25. The Kier molecular flexibility index (Phi) is 3.21. The van der Waals surface area contributed by atoms with Crippen LogP contribution in [0.4, 0.5) is 4.79 Å². The number of carbonyl (C=O) groups is 1. The molecule has 0 aromatic carbocycles. The van der Waals surface area contributed by atoms with Crippen molar-refractivity contribution in [2.45, 2.75) is 26.4 Å². The van der Waals surface area contributed by atoms with Crippen molar-refractivity contribution in [1.82, 2.24) is 4.90 Å². The minimum Gasteiger partial charge on any atom is -0.443 e. The summed E-state index contributed by atoms with van der Waals surface area (Å²) in [4.78, 5) is 13.1. The second kappa shape index (κ2) is 4.22. The molecule has 15 heavy (non-hydrogen) atoms. The van der Waals surface area contributed by atoms with E-state index in [1.54, 1.807) is 12.3 Å². The molecule has 0 aromatic heterocycles. The van der Waals surface area contributed by atoms with E-state index in [-0.39, 0.29) is 6.09 Å². The molecule has 1 aliphatic rings. The van der Waals surface area contributed by atoms with Gasteiger partial charge < -0.3 is 4.74 Å². The van der Waals surface area contributed by atoms with Crippen molar-refractivity contribution in [3.05, 3.63) is 23.9 Å². The maximum Gasteiger partial charge on any atom is 0.414 e. The Bertz CT molecular complexity index is 353. The highest BCUT2D eigenvalue weighted by atomic mass is 16.6. The number of rotatable bonds is 0. The Morgan fingerprint density at radius 2 is 2.27 bits per heavy atom. The molecular weight excluding hydrogens is 190 g/mol. The van der Waals surface area contributed by atoms with Gasteiger partial charge in [0.25, 0.3) is 0 Å². The van der Waals surface area contributed by atoms with Gasteiger partial charge in [0.05, 0.1) is 0 Å². The quantitative estimate of drug-likeness (QED) is 0.568. The van der Waals surface area contributed by atoms with E-state index in [1.165, 1.54) is 4.90 Å². The monoisotopic (exact) mass is 205 g/mol. The number of hydrogen-bond donors (Lipinski definition) is 0. The third kappa shape index (κ3) is 3.51. The normalized spacial score (nSPS) is 15.6. The van der Waals surface area contributed by atoms with Gasteiger partial charge in [0.15, 0.2) is 0 Å². The number of amides is 1. The molecule has 0 fully saturated rings. The van der Waals surface area contributed by atoms with Crippen LogP contribution >= 0.6 is 0 Å². The molecule has 1 aliphatic heterocycles. The lowest BCUT2D eigenvalue weighted by molar-refractivity contribution is 0.0350. The van der Waals surface area contributed by atoms with Crippen molar-refractivity contribution >= 4 is 6.09 Å². The van der Waals surface area contributed by atoms with Gasteiger partial charge in [-0.2, -0.15) is 0 Å². The molecule has 3 nitrogen and oxygen atoms in total. The zero-order chi connectivity index (χ0) is 11.5. The number of ether oxygens (including phenoxy) is 1. The first-order valence-electron chi connectivity index (χ1n) is 4.77. The Labute approximate surface area is 90.4 Å². The molecule has 1 amide bonds. The fraction of sp³-hybridized carbons (Fsp3) is 0.417. The van der Waals surface area contributed by atoms with Crippen LogP contribution in [-0.4, -0.2) is 23.1 Å². The SMILES string of the molecule is C#CC1=CCN(C(=O)OC(C)(C)C)C=C1. The van der Waals surface area contributed by atoms with Gasteiger partial charge in [0.2, 0.25) is 0 Å². The van der Waals surface area contributed by atoms with Crippen LogP contribution in [0, 0.1) is 12.3 Å². The van der Waals surface area contributed by atoms with Crippen molar-refractivity contribution in [2.75, 3.05) is 6.54 Å². The first-order valence-corrected chi connectivity index (χ1v) is 4.77. The Morgan fingerprint density at radius 3 is 2.67 bits per heavy atom. The number of carbonyl (C=O) groups excluding carboxylic acids is 1. The lowest BCUT2D eigenvalue weighted by Gasteiger charge is -2.25. The molecule has 0 bridgehead atoms. The van der Waals surface area contributed by atoms with Gasteiger partial charge in [0, 0.05) is 18.3 Å². The molecule has 0 radical (unpaired) electrons. The summed E-state index contributed by atoms with van der Waals surface area (Å²) < 4.78 is 5.20. The zero-order valence-electron chi connectivity index (χ0n) is 9.28. The van der Waals surface area contributed by atoms with Crippen LogP contribution in [-0.2, 0) is 4.74 Å². The Balaban J connectivity index is 2.57. The van der Waals surface area contributed by atoms with E-state index in [0.717, 1.165) is 5.57 Å². The van der Waals surface area contributed by atoms with Crippen molar-refractivity contribution in [3.8, 4) is 12.3 Å². The summed E-state index contributed by atoms with van der Waals surface area (Å²) in [7, 11) is 0. The van der Waals surface area contributed by atoms with Gasteiger partial charge in [-0.3, -0.25) is 4.90 Å². The third-order valence-electron chi connectivity index (χ3n) is 1.74. The highest BCUT2D eigenvalue weighted by molar-refractivity contribution is 5.70. The van der Waals surface area contributed by atoms with Gasteiger partial charge in [0.1, 0.15) is 5.60 Å². The smallest absolute Gasteiger partial charge is 0.414 e. The van der Waals surface area contributed by atoms with Crippen molar-refractivity contribution in [1.29, 1.82) is 0 Å². The predicted octanol–water partition coefficient (Wildman–Crippen LogP) is 2.31. The lowest BCUT2D eigenvalue weighted by Crippen LogP contribution is -2.34. The second-order valence-electron chi connectivity index (χ2n) is 4.25. The molecule has 0 spiro atoms. The molecule has 0 saturated heterocycles. The zero-order valence-corrected chi connectivity index (χ0v) is 9.28. The maximum atomic E-state index is 11.6. The van der Waals surface area contributed by atoms with Crippen LogP contribution in [0.25, 0.3) is 0 Å². The van der Waals surface area contributed by atoms with Crippen LogP contribution in [0.2, 0.25) is 0 Å². The Hall–Kier alpha value is -1.69. The van der Waals surface area contributed by atoms with Gasteiger partial charge in [-0.25, -0.2) is 4.79 Å². The van der Waals surface area contributed by atoms with Gasteiger partial charge in [-0.05, 0) is 32.9 Å². The summed E-state index contributed by atoms with van der Waals surface area (Å²) in [6.07, 6.45) is 10.0. The third-order valence-corrected chi connectivity index (χ3v) is 1.74. The van der Waals surface area contributed by atoms with Gasteiger partial charge in [-0.1, -0.05) is 5.92 Å². The van der Waals surface area contributed by atoms with Crippen LogP contribution in [0.1, 0.15) is 20.8 Å². The first-order chi connectivity index (χ1) is 6.92. The van der Waals surface area contributed by atoms with E-state index in [2.05, 4.69) is 5.92 Å². The molecule has 0 N–H and O–H groups in total. The molecule has 0 unspecified atom stereocenters. The molecule has 0 atom stereocenters. The van der Waals surface area contributed by atoms with Crippen molar-refractivity contribution in [2.24, 2.45) is 0 Å². The molecule has 0 aromatic rings. The number of nitrogens with zero attached hydrogens (tertiary/aromatic N) is 1. The van der Waals surface area contributed by atoms with Crippen LogP contribution in [0.3, 0.4) is 0 Å². The summed E-state index contributed by atoms with van der Waals surface area (Å²) >= 11 is 0. The predicted molar refractivity (Wildman–Crippen MR) is 59.0 cm³/mol. The average Bonchev–Trinajstić information content (AvgIpc) is 2.15. The number of terminal acetylenes is 1. The number of hydrogen-bond acceptors (Lipinski definition) is 2. The molecule has 0 saturated carbocycles. The van der Waals surface area contributed by atoms with E-state index in [4.69, 9.17) is 11.2 Å². The first kappa shape index (κ1) is 11.4. The van der Waals surface area contributed by atoms with E-state index >= 15 is 0 Å². The summed E-state index contributed by atoms with van der Waals surface area (Å²) in [6, 6.07) is 0. The van der Waals surface area contributed by atoms with Gasteiger partial charge >= 0.3 is 6.09 Å². The minimum absolute atomic E-state index is 0.355. The van der Waals surface area contributed by atoms with E-state index in [9.17, 15) is 4.79 Å². The highest BCUT2D eigenvalue weighted by Gasteiger charge is 2.20. The molecule has 1 rings (SSSR count). The topological polar surface area (TPSA) is 29.5 Å². The largest absolute Gasteiger partial charge is 0.443 e. The maximum absolute atomic E-state index is 11.6. The minimum atomic E-state index is -0.471. The van der Waals surface area contributed by atoms with E-state index in [0.29, 0.717) is 6.54 Å². The van der Waals surface area contributed by atoms with Crippen molar-refractivity contribution < 1.29 is 9.53 Å². The van der Waals surface area contributed by atoms with Crippen LogP contribution in [0.5, 0.6) is 0 Å². The highest BCUT2D eigenvalue weighted by Crippen LogP contribution is 2.13. The fourth-order valence-electron chi connectivity index (χ4n) is 1.06. The van der Waals surface area contributed by atoms with E-state index in [1.807, 2.05) is 26.8 Å². The lowest BCUT2D eigenvalue weighted by atomic mass is 10.2. The Morgan fingerprint density at radius 1 is 1.60 bits per heavy atom. The van der Waals surface area contributed by atoms with Gasteiger partial charge in [-0.15, -0.1) is 6.42 Å². The fourth-order valence-corrected chi connectivity index (χ4v) is 1.06. The van der Waals surface area contributed by atoms with Crippen LogP contribution < -0.4 is 0 Å². The standard InChI is InChI=1S/C12H15NO2/c1-5-10-6-8-13(9-7-10)11(14)15-12(2,3)4/h1,6-8H,9H2,2-4H3. The summed E-state index contributed by atoms with van der Waals surface area (Å²) in [5.41, 5.74) is 0.316. The summed E-state index contributed by atoms with van der Waals surface area (Å²) in [5, 5.41) is 0. The molecule has 1 heterocycles. The van der Waals surface area contributed by atoms with Crippen molar-refractivity contribution in [3.63, 3.8) is 0 Å². The molecule has 80 valence electrons. The molecule has 3 heteroatoms. The molecular formula is C12H15NO2.